The van der Waals surface area contributed by atoms with Gasteiger partial charge in [0.1, 0.15) is 5.75 Å². The highest BCUT2D eigenvalue weighted by Gasteiger charge is 2.23. The van der Waals surface area contributed by atoms with Crippen molar-refractivity contribution in [3.63, 3.8) is 0 Å². The zero-order chi connectivity index (χ0) is 16.4. The number of carbonyl (C=O) groups excluding carboxylic acids is 1. The molecule has 0 spiro atoms. The van der Waals surface area contributed by atoms with Crippen LogP contribution in [-0.2, 0) is 7.05 Å². The molecule has 2 aromatic rings. The molecule has 1 aromatic carbocycles. The van der Waals surface area contributed by atoms with Crippen LogP contribution in [0.3, 0.4) is 0 Å². The first-order valence-electron chi connectivity index (χ1n) is 7.56. The lowest BCUT2D eigenvalue weighted by Crippen LogP contribution is -2.47. The summed E-state index contributed by atoms with van der Waals surface area (Å²) in [6.07, 6.45) is 5.76. The number of nitrogens with zero attached hydrogens (tertiary/aromatic N) is 3. The number of piperidine rings is 1. The minimum absolute atomic E-state index is 0.0244. The first-order valence-corrected chi connectivity index (χ1v) is 7.93. The van der Waals surface area contributed by atoms with Crippen LogP contribution in [0.4, 0.5) is 5.69 Å². The maximum Gasteiger partial charge on any atom is 0.251 e. The Hall–Kier alpha value is -2.21. The second-order valence-corrected chi connectivity index (χ2v) is 6.20. The molecule has 1 unspecified atom stereocenters. The van der Waals surface area contributed by atoms with E-state index in [1.165, 1.54) is 12.1 Å². The number of halogens is 1. The number of phenolic OH excluding ortho intramolecular Hbond substituents is 1. The lowest BCUT2D eigenvalue weighted by atomic mass is 10.0. The Labute approximate surface area is 139 Å². The standard InChI is InChI=1S/C16H19ClN4O2/c1-20-10-13(8-18-20)21-6-2-3-12(9-21)19-16(23)11-4-5-15(22)14(17)7-11/h4-5,7-8,10,12,22H,2-3,6,9H2,1H3,(H,19,23). The van der Waals surface area contributed by atoms with Gasteiger partial charge >= 0.3 is 0 Å². The Kier molecular flexibility index (Phi) is 4.43. The van der Waals surface area contributed by atoms with Gasteiger partial charge in [0.05, 0.1) is 16.9 Å². The van der Waals surface area contributed by atoms with Crippen molar-refractivity contribution in [2.45, 2.75) is 18.9 Å². The van der Waals surface area contributed by atoms with Crippen molar-refractivity contribution in [2.24, 2.45) is 7.05 Å². The summed E-state index contributed by atoms with van der Waals surface area (Å²) in [6.45, 7) is 1.71. The van der Waals surface area contributed by atoms with Crippen LogP contribution < -0.4 is 10.2 Å². The predicted octanol–water partition coefficient (Wildman–Crippen LogP) is 2.18. The molecule has 0 aliphatic carbocycles. The van der Waals surface area contributed by atoms with Crippen molar-refractivity contribution in [2.75, 3.05) is 18.0 Å². The molecule has 1 amide bonds. The van der Waals surface area contributed by atoms with E-state index >= 15 is 0 Å². The average molecular weight is 335 g/mol. The molecule has 1 fully saturated rings. The normalized spacial score (nSPS) is 18.0. The molecule has 0 bridgehead atoms. The molecule has 7 heteroatoms. The SMILES string of the molecule is Cn1cc(N2CCCC(NC(=O)c3ccc(O)c(Cl)c3)C2)cn1. The van der Waals surface area contributed by atoms with E-state index in [0.717, 1.165) is 31.6 Å². The largest absolute Gasteiger partial charge is 0.506 e. The Morgan fingerprint density at radius 2 is 2.30 bits per heavy atom. The monoisotopic (exact) mass is 334 g/mol. The second-order valence-electron chi connectivity index (χ2n) is 5.80. The van der Waals surface area contributed by atoms with E-state index in [9.17, 15) is 9.90 Å². The fraction of sp³-hybridized carbons (Fsp3) is 0.375. The molecule has 1 atom stereocenters. The van der Waals surface area contributed by atoms with E-state index in [1.807, 2.05) is 19.4 Å². The molecule has 122 valence electrons. The molecule has 0 saturated carbocycles. The number of carbonyl (C=O) groups is 1. The van der Waals surface area contributed by atoms with Crippen LogP contribution in [0.1, 0.15) is 23.2 Å². The first-order chi connectivity index (χ1) is 11.0. The summed E-state index contributed by atoms with van der Waals surface area (Å²) in [4.78, 5) is 14.6. The van der Waals surface area contributed by atoms with Crippen LogP contribution in [0, 0.1) is 0 Å². The minimum atomic E-state index is -0.176. The Balaban J connectivity index is 1.65. The Bertz CT molecular complexity index is 716. The highest BCUT2D eigenvalue weighted by molar-refractivity contribution is 6.32. The van der Waals surface area contributed by atoms with Crippen LogP contribution in [0.15, 0.2) is 30.6 Å². The average Bonchev–Trinajstić information content (AvgIpc) is 2.97. The van der Waals surface area contributed by atoms with E-state index < -0.39 is 0 Å². The first kappa shape index (κ1) is 15.7. The van der Waals surface area contributed by atoms with Crippen molar-refractivity contribution < 1.29 is 9.90 Å². The molecule has 1 aromatic heterocycles. The summed E-state index contributed by atoms with van der Waals surface area (Å²) < 4.78 is 1.77. The highest BCUT2D eigenvalue weighted by Crippen LogP contribution is 2.24. The van der Waals surface area contributed by atoms with Gasteiger partial charge in [-0.05, 0) is 31.0 Å². The number of phenols is 1. The number of hydrogen-bond acceptors (Lipinski definition) is 4. The molecule has 6 nitrogen and oxygen atoms in total. The molecule has 23 heavy (non-hydrogen) atoms. The number of aryl methyl sites for hydroxylation is 1. The number of nitrogens with one attached hydrogen (secondary N) is 1. The van der Waals surface area contributed by atoms with Gasteiger partial charge in [0.25, 0.3) is 5.91 Å². The van der Waals surface area contributed by atoms with Gasteiger partial charge in [-0.15, -0.1) is 0 Å². The van der Waals surface area contributed by atoms with Gasteiger partial charge in [0.2, 0.25) is 0 Å². The topological polar surface area (TPSA) is 70.4 Å². The van der Waals surface area contributed by atoms with Gasteiger partial charge in [-0.2, -0.15) is 5.10 Å². The molecule has 1 aliphatic rings. The molecule has 0 radical (unpaired) electrons. The molecular weight excluding hydrogens is 316 g/mol. The van der Waals surface area contributed by atoms with Crippen LogP contribution in [-0.4, -0.2) is 39.9 Å². The zero-order valence-corrected chi connectivity index (χ0v) is 13.6. The van der Waals surface area contributed by atoms with Crippen molar-refractivity contribution >= 4 is 23.2 Å². The number of anilines is 1. The number of amides is 1. The van der Waals surface area contributed by atoms with Gasteiger partial charge < -0.3 is 15.3 Å². The fourth-order valence-electron chi connectivity index (χ4n) is 2.82. The predicted molar refractivity (Wildman–Crippen MR) is 89.0 cm³/mol. The third-order valence-electron chi connectivity index (χ3n) is 4.02. The molecule has 2 heterocycles. The molecule has 2 N–H and O–H groups in total. The molecule has 1 aliphatic heterocycles. The third-order valence-corrected chi connectivity index (χ3v) is 4.33. The zero-order valence-electron chi connectivity index (χ0n) is 12.9. The van der Waals surface area contributed by atoms with E-state index in [0.29, 0.717) is 5.56 Å². The van der Waals surface area contributed by atoms with Gasteiger partial charge in [0.15, 0.2) is 0 Å². The molecule has 1 saturated heterocycles. The van der Waals surface area contributed by atoms with Gasteiger partial charge in [0, 0.05) is 37.9 Å². The summed E-state index contributed by atoms with van der Waals surface area (Å²) in [7, 11) is 1.89. The molecular formula is C16H19ClN4O2. The van der Waals surface area contributed by atoms with E-state index in [2.05, 4.69) is 15.3 Å². The second kappa shape index (κ2) is 6.50. The lowest BCUT2D eigenvalue weighted by molar-refractivity contribution is 0.0933. The maximum atomic E-state index is 12.3. The highest BCUT2D eigenvalue weighted by atomic mass is 35.5. The van der Waals surface area contributed by atoms with Crippen LogP contribution in [0.5, 0.6) is 5.75 Å². The van der Waals surface area contributed by atoms with E-state index in [-0.39, 0.29) is 22.7 Å². The quantitative estimate of drug-likeness (QED) is 0.902. The smallest absolute Gasteiger partial charge is 0.251 e. The van der Waals surface area contributed by atoms with Crippen LogP contribution in [0.25, 0.3) is 0 Å². The maximum absolute atomic E-state index is 12.3. The summed E-state index contributed by atoms with van der Waals surface area (Å²) in [5.41, 5.74) is 1.52. The fourth-order valence-corrected chi connectivity index (χ4v) is 3.00. The van der Waals surface area contributed by atoms with E-state index in [4.69, 9.17) is 11.6 Å². The number of aromatic hydroxyl groups is 1. The van der Waals surface area contributed by atoms with Gasteiger partial charge in [-0.25, -0.2) is 0 Å². The van der Waals surface area contributed by atoms with Crippen molar-refractivity contribution in [1.29, 1.82) is 0 Å². The van der Waals surface area contributed by atoms with Crippen molar-refractivity contribution in [1.82, 2.24) is 15.1 Å². The summed E-state index contributed by atoms with van der Waals surface area (Å²) >= 11 is 5.86. The summed E-state index contributed by atoms with van der Waals surface area (Å²) in [5, 5.41) is 16.8. The summed E-state index contributed by atoms with van der Waals surface area (Å²) in [6, 6.07) is 4.55. The van der Waals surface area contributed by atoms with Crippen LogP contribution >= 0.6 is 11.6 Å². The summed E-state index contributed by atoms with van der Waals surface area (Å²) in [5.74, 6) is -0.200. The minimum Gasteiger partial charge on any atom is -0.506 e. The van der Waals surface area contributed by atoms with Gasteiger partial charge in [-0.1, -0.05) is 11.6 Å². The van der Waals surface area contributed by atoms with Gasteiger partial charge in [-0.3, -0.25) is 9.48 Å². The lowest BCUT2D eigenvalue weighted by Gasteiger charge is -2.33. The van der Waals surface area contributed by atoms with Crippen LogP contribution in [0.2, 0.25) is 5.02 Å². The number of rotatable bonds is 3. The molecule has 3 rings (SSSR count). The number of aromatic nitrogens is 2. The van der Waals surface area contributed by atoms with Crippen molar-refractivity contribution in [3.8, 4) is 5.75 Å². The Morgan fingerprint density at radius 3 is 3.00 bits per heavy atom. The Morgan fingerprint density at radius 1 is 1.48 bits per heavy atom. The van der Waals surface area contributed by atoms with Crippen molar-refractivity contribution in [3.05, 3.63) is 41.2 Å². The number of benzene rings is 1. The number of hydrogen-bond donors (Lipinski definition) is 2. The van der Waals surface area contributed by atoms with E-state index in [1.54, 1.807) is 10.7 Å². The third kappa shape index (κ3) is 3.59.